The fourth-order valence-electron chi connectivity index (χ4n) is 2.45. The van der Waals surface area contributed by atoms with Crippen molar-refractivity contribution in [2.24, 2.45) is 5.92 Å². The molecule has 98 valence electrons. The standard InChI is InChI=1S/C14H27N3/c1-4-14(12-15)17-10-8-16(9-11-17)7-5-6-13(2)3/h13-14H,4-11H2,1-3H3. The van der Waals surface area contributed by atoms with Crippen molar-refractivity contribution in [3.8, 4) is 6.07 Å². The molecule has 17 heavy (non-hydrogen) atoms. The maximum Gasteiger partial charge on any atom is 0.0976 e. The van der Waals surface area contributed by atoms with Gasteiger partial charge in [0, 0.05) is 26.2 Å². The third-order valence-electron chi connectivity index (χ3n) is 3.64. The molecule has 0 saturated carbocycles. The van der Waals surface area contributed by atoms with Gasteiger partial charge in [0.25, 0.3) is 0 Å². The molecule has 1 atom stereocenters. The van der Waals surface area contributed by atoms with E-state index in [1.54, 1.807) is 0 Å². The molecule has 0 aromatic rings. The highest BCUT2D eigenvalue weighted by Gasteiger charge is 2.21. The monoisotopic (exact) mass is 237 g/mol. The highest BCUT2D eigenvalue weighted by Crippen LogP contribution is 2.10. The highest BCUT2D eigenvalue weighted by atomic mass is 15.3. The van der Waals surface area contributed by atoms with Crippen molar-refractivity contribution >= 4 is 0 Å². The van der Waals surface area contributed by atoms with Gasteiger partial charge < -0.3 is 4.90 Å². The summed E-state index contributed by atoms with van der Waals surface area (Å²) in [5.74, 6) is 0.819. The molecule has 0 amide bonds. The molecule has 0 aromatic carbocycles. The summed E-state index contributed by atoms with van der Waals surface area (Å²) in [6.45, 7) is 12.3. The summed E-state index contributed by atoms with van der Waals surface area (Å²) in [6.07, 6.45) is 3.59. The van der Waals surface area contributed by atoms with E-state index in [1.807, 2.05) is 0 Å². The van der Waals surface area contributed by atoms with Gasteiger partial charge in [0.15, 0.2) is 0 Å². The quantitative estimate of drug-likeness (QED) is 0.710. The van der Waals surface area contributed by atoms with Gasteiger partial charge in [-0.25, -0.2) is 0 Å². The Morgan fingerprint density at radius 2 is 1.82 bits per heavy atom. The zero-order chi connectivity index (χ0) is 12.7. The summed E-state index contributed by atoms with van der Waals surface area (Å²) in [7, 11) is 0. The van der Waals surface area contributed by atoms with Gasteiger partial charge in [-0.05, 0) is 31.7 Å². The predicted molar refractivity (Wildman–Crippen MR) is 71.8 cm³/mol. The molecule has 0 aliphatic carbocycles. The number of hydrogen-bond donors (Lipinski definition) is 0. The van der Waals surface area contributed by atoms with E-state index in [4.69, 9.17) is 5.26 Å². The van der Waals surface area contributed by atoms with Crippen molar-refractivity contribution in [1.82, 2.24) is 9.80 Å². The third kappa shape index (κ3) is 5.06. The summed E-state index contributed by atoms with van der Waals surface area (Å²) in [5, 5.41) is 9.04. The summed E-state index contributed by atoms with van der Waals surface area (Å²) >= 11 is 0. The summed E-state index contributed by atoms with van der Waals surface area (Å²) in [4.78, 5) is 4.88. The number of nitriles is 1. The molecule has 0 spiro atoms. The van der Waals surface area contributed by atoms with Crippen LogP contribution in [-0.4, -0.2) is 48.6 Å². The van der Waals surface area contributed by atoms with Gasteiger partial charge >= 0.3 is 0 Å². The zero-order valence-electron chi connectivity index (χ0n) is 11.7. The summed E-state index contributed by atoms with van der Waals surface area (Å²) in [6, 6.07) is 2.53. The first-order valence-corrected chi connectivity index (χ1v) is 7.03. The Morgan fingerprint density at radius 1 is 1.18 bits per heavy atom. The van der Waals surface area contributed by atoms with Crippen LogP contribution in [0.25, 0.3) is 0 Å². The minimum absolute atomic E-state index is 0.132. The minimum Gasteiger partial charge on any atom is -0.301 e. The van der Waals surface area contributed by atoms with E-state index in [0.717, 1.165) is 38.5 Å². The Kier molecular flexibility index (Phi) is 6.54. The lowest BCUT2D eigenvalue weighted by Gasteiger charge is -2.36. The van der Waals surface area contributed by atoms with E-state index in [9.17, 15) is 0 Å². The van der Waals surface area contributed by atoms with Crippen LogP contribution in [0.1, 0.15) is 40.0 Å². The van der Waals surface area contributed by atoms with E-state index >= 15 is 0 Å². The van der Waals surface area contributed by atoms with E-state index < -0.39 is 0 Å². The first-order chi connectivity index (χ1) is 8.17. The molecule has 0 N–H and O–H groups in total. The Morgan fingerprint density at radius 3 is 2.29 bits per heavy atom. The van der Waals surface area contributed by atoms with Crippen molar-refractivity contribution in [2.75, 3.05) is 32.7 Å². The number of rotatable bonds is 6. The molecule has 1 aliphatic heterocycles. The predicted octanol–water partition coefficient (Wildman–Crippen LogP) is 2.34. The lowest BCUT2D eigenvalue weighted by Crippen LogP contribution is -2.49. The molecule has 1 unspecified atom stereocenters. The zero-order valence-corrected chi connectivity index (χ0v) is 11.7. The van der Waals surface area contributed by atoms with Crippen LogP contribution in [0.15, 0.2) is 0 Å². The molecule has 1 aliphatic rings. The van der Waals surface area contributed by atoms with Gasteiger partial charge in [-0.15, -0.1) is 0 Å². The average molecular weight is 237 g/mol. The van der Waals surface area contributed by atoms with Crippen molar-refractivity contribution in [3.05, 3.63) is 0 Å². The summed E-state index contributed by atoms with van der Waals surface area (Å²) < 4.78 is 0. The van der Waals surface area contributed by atoms with Crippen LogP contribution in [0.5, 0.6) is 0 Å². The first-order valence-electron chi connectivity index (χ1n) is 7.03. The average Bonchev–Trinajstić information content (AvgIpc) is 2.32. The fourth-order valence-corrected chi connectivity index (χ4v) is 2.45. The minimum atomic E-state index is 0.132. The van der Waals surface area contributed by atoms with Crippen molar-refractivity contribution in [1.29, 1.82) is 5.26 Å². The molecule has 0 radical (unpaired) electrons. The van der Waals surface area contributed by atoms with E-state index in [0.29, 0.717) is 0 Å². The van der Waals surface area contributed by atoms with E-state index in [1.165, 1.54) is 19.4 Å². The topological polar surface area (TPSA) is 30.3 Å². The normalized spacial score (nSPS) is 20.4. The summed E-state index contributed by atoms with van der Waals surface area (Å²) in [5.41, 5.74) is 0. The van der Waals surface area contributed by atoms with Gasteiger partial charge in [-0.2, -0.15) is 5.26 Å². The van der Waals surface area contributed by atoms with Crippen LogP contribution in [0.4, 0.5) is 0 Å². The maximum atomic E-state index is 9.04. The fraction of sp³-hybridized carbons (Fsp3) is 0.929. The number of nitrogens with zero attached hydrogens (tertiary/aromatic N) is 3. The van der Waals surface area contributed by atoms with Gasteiger partial charge in [0.1, 0.15) is 0 Å². The van der Waals surface area contributed by atoms with Crippen molar-refractivity contribution < 1.29 is 0 Å². The third-order valence-corrected chi connectivity index (χ3v) is 3.64. The molecular formula is C14H27N3. The van der Waals surface area contributed by atoms with Gasteiger partial charge in [0.05, 0.1) is 12.1 Å². The van der Waals surface area contributed by atoms with Crippen LogP contribution in [-0.2, 0) is 0 Å². The van der Waals surface area contributed by atoms with Crippen LogP contribution in [0, 0.1) is 17.2 Å². The highest BCUT2D eigenvalue weighted by molar-refractivity contribution is 4.92. The lowest BCUT2D eigenvalue weighted by molar-refractivity contribution is 0.110. The maximum absolute atomic E-state index is 9.04. The second kappa shape index (κ2) is 7.68. The van der Waals surface area contributed by atoms with Crippen LogP contribution in [0.3, 0.4) is 0 Å². The lowest BCUT2D eigenvalue weighted by atomic mass is 10.1. The van der Waals surface area contributed by atoms with Crippen LogP contribution in [0.2, 0.25) is 0 Å². The molecule has 3 nitrogen and oxygen atoms in total. The van der Waals surface area contributed by atoms with Gasteiger partial charge in [0.2, 0.25) is 0 Å². The van der Waals surface area contributed by atoms with E-state index in [2.05, 4.69) is 36.6 Å². The molecular weight excluding hydrogens is 210 g/mol. The molecule has 1 rings (SSSR count). The van der Waals surface area contributed by atoms with Gasteiger partial charge in [-0.1, -0.05) is 20.8 Å². The number of hydrogen-bond acceptors (Lipinski definition) is 3. The van der Waals surface area contributed by atoms with Crippen molar-refractivity contribution in [3.63, 3.8) is 0 Å². The SMILES string of the molecule is CCC(C#N)N1CCN(CCCC(C)C)CC1. The molecule has 1 fully saturated rings. The first kappa shape index (κ1) is 14.5. The molecule has 1 heterocycles. The largest absolute Gasteiger partial charge is 0.301 e. The van der Waals surface area contributed by atoms with Crippen molar-refractivity contribution in [2.45, 2.75) is 46.1 Å². The number of piperazine rings is 1. The molecule has 3 heteroatoms. The Bertz CT molecular complexity index is 236. The molecule has 1 saturated heterocycles. The Labute approximate surface area is 106 Å². The Balaban J connectivity index is 2.19. The molecule has 0 bridgehead atoms. The van der Waals surface area contributed by atoms with Gasteiger partial charge in [-0.3, -0.25) is 4.90 Å². The van der Waals surface area contributed by atoms with E-state index in [-0.39, 0.29) is 6.04 Å². The molecule has 0 aromatic heterocycles. The second-order valence-corrected chi connectivity index (χ2v) is 5.47. The van der Waals surface area contributed by atoms with Crippen LogP contribution >= 0.6 is 0 Å². The second-order valence-electron chi connectivity index (χ2n) is 5.47. The smallest absolute Gasteiger partial charge is 0.0976 e. The van der Waals surface area contributed by atoms with Crippen LogP contribution < -0.4 is 0 Å². The Hall–Kier alpha value is -0.590.